The van der Waals surface area contributed by atoms with Gasteiger partial charge in [0.25, 0.3) is 5.91 Å². The molecule has 1 unspecified atom stereocenters. The second-order valence-electron chi connectivity index (χ2n) is 5.98. The molecule has 1 aromatic heterocycles. The highest BCUT2D eigenvalue weighted by Gasteiger charge is 2.28. The first-order chi connectivity index (χ1) is 11.6. The third kappa shape index (κ3) is 3.49. The maximum atomic E-state index is 12.6. The molecule has 0 bridgehead atoms. The molecular weight excluding hydrogens is 322 g/mol. The van der Waals surface area contributed by atoms with E-state index in [9.17, 15) is 9.59 Å². The molecule has 0 spiro atoms. The maximum Gasteiger partial charge on any atom is 0.264 e. The largest absolute Gasteiger partial charge is 0.337 e. The molecule has 2 N–H and O–H groups in total. The van der Waals surface area contributed by atoms with Crippen LogP contribution in [0, 0.1) is 6.92 Å². The van der Waals surface area contributed by atoms with E-state index >= 15 is 0 Å². The van der Waals surface area contributed by atoms with Crippen LogP contribution in [0.3, 0.4) is 0 Å². The van der Waals surface area contributed by atoms with Gasteiger partial charge in [-0.15, -0.1) is 11.3 Å². The van der Waals surface area contributed by atoms with Crippen molar-refractivity contribution in [2.45, 2.75) is 13.0 Å². The minimum absolute atomic E-state index is 0.0416. The number of rotatable bonds is 3. The lowest BCUT2D eigenvalue weighted by Gasteiger charge is -2.35. The quantitative estimate of drug-likeness (QED) is 0.927. The molecule has 5 nitrogen and oxygen atoms in total. The van der Waals surface area contributed by atoms with Crippen molar-refractivity contribution in [1.82, 2.24) is 9.80 Å². The van der Waals surface area contributed by atoms with Gasteiger partial charge < -0.3 is 15.5 Å². The molecule has 0 radical (unpaired) electrons. The number of hydrogen-bond acceptors (Lipinski definition) is 4. The highest BCUT2D eigenvalue weighted by molar-refractivity contribution is 7.12. The van der Waals surface area contributed by atoms with E-state index in [-0.39, 0.29) is 11.8 Å². The first-order valence-electron chi connectivity index (χ1n) is 8.00. The second kappa shape index (κ2) is 7.15. The summed E-state index contributed by atoms with van der Waals surface area (Å²) in [5, 5.41) is 1.90. The van der Waals surface area contributed by atoms with Crippen LogP contribution in [0.1, 0.15) is 26.8 Å². The lowest BCUT2D eigenvalue weighted by Crippen LogP contribution is -2.52. The molecule has 2 aromatic rings. The number of benzene rings is 1. The number of nitrogens with two attached hydrogens (primary N) is 1. The summed E-state index contributed by atoms with van der Waals surface area (Å²) < 4.78 is 0. The Hall–Kier alpha value is -2.18. The van der Waals surface area contributed by atoms with Crippen molar-refractivity contribution in [2.24, 2.45) is 5.73 Å². The number of amides is 2. The highest BCUT2D eigenvalue weighted by Crippen LogP contribution is 2.17. The molecule has 3 rings (SSSR count). The fourth-order valence-corrected chi connectivity index (χ4v) is 3.49. The van der Waals surface area contributed by atoms with Gasteiger partial charge in [-0.1, -0.05) is 35.9 Å². The lowest BCUT2D eigenvalue weighted by molar-refractivity contribution is -0.134. The summed E-state index contributed by atoms with van der Waals surface area (Å²) >= 11 is 1.44. The predicted octanol–water partition coefficient (Wildman–Crippen LogP) is 2.04. The maximum absolute atomic E-state index is 12.6. The van der Waals surface area contributed by atoms with E-state index in [1.54, 1.807) is 9.80 Å². The second-order valence-corrected chi connectivity index (χ2v) is 6.93. The van der Waals surface area contributed by atoms with Crippen molar-refractivity contribution < 1.29 is 9.59 Å². The SMILES string of the molecule is Cc1ccc(C(N)C(=O)N2CCN(C(=O)c3cccs3)CC2)cc1. The van der Waals surface area contributed by atoms with E-state index < -0.39 is 6.04 Å². The van der Waals surface area contributed by atoms with Gasteiger partial charge in [-0.3, -0.25) is 9.59 Å². The number of carbonyl (C=O) groups is 2. The normalized spacial score (nSPS) is 16.1. The number of piperazine rings is 1. The Kier molecular flexibility index (Phi) is 4.97. The molecule has 1 atom stereocenters. The smallest absolute Gasteiger partial charge is 0.264 e. The van der Waals surface area contributed by atoms with Crippen LogP contribution in [0.5, 0.6) is 0 Å². The van der Waals surface area contributed by atoms with Gasteiger partial charge in [0.2, 0.25) is 5.91 Å². The topological polar surface area (TPSA) is 66.6 Å². The van der Waals surface area contributed by atoms with Crippen LogP contribution in [0.15, 0.2) is 41.8 Å². The summed E-state index contributed by atoms with van der Waals surface area (Å²) in [5.41, 5.74) is 8.08. The van der Waals surface area contributed by atoms with Gasteiger partial charge in [-0.2, -0.15) is 0 Å². The summed E-state index contributed by atoms with van der Waals surface area (Å²) in [5.74, 6) is -0.0398. The van der Waals surface area contributed by atoms with E-state index in [1.807, 2.05) is 48.7 Å². The van der Waals surface area contributed by atoms with Crippen molar-refractivity contribution >= 4 is 23.2 Å². The van der Waals surface area contributed by atoms with E-state index in [4.69, 9.17) is 5.73 Å². The van der Waals surface area contributed by atoms with Crippen LogP contribution in [0.2, 0.25) is 0 Å². The van der Waals surface area contributed by atoms with Gasteiger partial charge in [-0.05, 0) is 23.9 Å². The fourth-order valence-electron chi connectivity index (χ4n) is 2.80. The Bertz CT molecular complexity index is 704. The van der Waals surface area contributed by atoms with Crippen LogP contribution in [0.25, 0.3) is 0 Å². The highest BCUT2D eigenvalue weighted by atomic mass is 32.1. The van der Waals surface area contributed by atoms with Crippen LogP contribution in [-0.2, 0) is 4.79 Å². The fraction of sp³-hybridized carbons (Fsp3) is 0.333. The summed E-state index contributed by atoms with van der Waals surface area (Å²) in [7, 11) is 0. The molecule has 0 aliphatic carbocycles. The Morgan fingerprint density at radius 3 is 2.25 bits per heavy atom. The van der Waals surface area contributed by atoms with Gasteiger partial charge in [0.15, 0.2) is 0 Å². The zero-order chi connectivity index (χ0) is 17.1. The minimum Gasteiger partial charge on any atom is -0.337 e. The molecular formula is C18H21N3O2S. The zero-order valence-electron chi connectivity index (χ0n) is 13.6. The molecule has 2 heterocycles. The Labute approximate surface area is 145 Å². The molecule has 6 heteroatoms. The number of aryl methyl sites for hydroxylation is 1. The molecule has 1 saturated heterocycles. The average Bonchev–Trinajstić information content (AvgIpc) is 3.15. The van der Waals surface area contributed by atoms with Gasteiger partial charge in [0, 0.05) is 26.2 Å². The van der Waals surface area contributed by atoms with E-state index in [1.165, 1.54) is 11.3 Å². The van der Waals surface area contributed by atoms with Crippen molar-refractivity contribution in [3.63, 3.8) is 0 Å². The van der Waals surface area contributed by atoms with E-state index in [2.05, 4.69) is 0 Å². The summed E-state index contributed by atoms with van der Waals surface area (Å²) in [4.78, 5) is 29.2. The summed E-state index contributed by atoms with van der Waals surface area (Å²) in [6.45, 7) is 4.14. The molecule has 126 valence electrons. The Balaban J connectivity index is 1.58. The molecule has 2 amide bonds. The van der Waals surface area contributed by atoms with Gasteiger partial charge >= 0.3 is 0 Å². The summed E-state index contributed by atoms with van der Waals surface area (Å²) in [6, 6.07) is 10.8. The third-order valence-electron chi connectivity index (χ3n) is 4.31. The molecule has 24 heavy (non-hydrogen) atoms. The predicted molar refractivity (Wildman–Crippen MR) is 94.9 cm³/mol. The van der Waals surface area contributed by atoms with Crippen LogP contribution >= 0.6 is 11.3 Å². The zero-order valence-corrected chi connectivity index (χ0v) is 14.5. The minimum atomic E-state index is -0.648. The number of hydrogen-bond donors (Lipinski definition) is 1. The molecule has 1 fully saturated rings. The average molecular weight is 343 g/mol. The third-order valence-corrected chi connectivity index (χ3v) is 5.17. The monoisotopic (exact) mass is 343 g/mol. The van der Waals surface area contributed by atoms with Crippen molar-refractivity contribution in [1.29, 1.82) is 0 Å². The van der Waals surface area contributed by atoms with Gasteiger partial charge in [0.1, 0.15) is 6.04 Å². The van der Waals surface area contributed by atoms with Gasteiger partial charge in [-0.25, -0.2) is 0 Å². The van der Waals surface area contributed by atoms with Crippen LogP contribution in [0.4, 0.5) is 0 Å². The molecule has 1 aliphatic rings. The van der Waals surface area contributed by atoms with E-state index in [0.29, 0.717) is 26.2 Å². The Morgan fingerprint density at radius 2 is 1.67 bits per heavy atom. The molecule has 1 aromatic carbocycles. The number of carbonyl (C=O) groups excluding carboxylic acids is 2. The van der Waals surface area contributed by atoms with Crippen molar-refractivity contribution in [2.75, 3.05) is 26.2 Å². The van der Waals surface area contributed by atoms with Crippen molar-refractivity contribution in [3.05, 3.63) is 57.8 Å². The lowest BCUT2D eigenvalue weighted by atomic mass is 10.0. The first kappa shape index (κ1) is 16.7. The van der Waals surface area contributed by atoms with Crippen LogP contribution in [-0.4, -0.2) is 47.8 Å². The molecule has 1 aliphatic heterocycles. The first-order valence-corrected chi connectivity index (χ1v) is 8.88. The van der Waals surface area contributed by atoms with Crippen molar-refractivity contribution in [3.8, 4) is 0 Å². The van der Waals surface area contributed by atoms with Crippen LogP contribution < -0.4 is 5.73 Å². The summed E-state index contributed by atoms with van der Waals surface area (Å²) in [6.07, 6.45) is 0. The van der Waals surface area contributed by atoms with E-state index in [0.717, 1.165) is 16.0 Å². The number of nitrogens with zero attached hydrogens (tertiary/aromatic N) is 2. The number of thiophene rings is 1. The standard InChI is InChI=1S/C18H21N3O2S/c1-13-4-6-14(7-5-13)16(19)18(23)21-10-8-20(9-11-21)17(22)15-3-2-12-24-15/h2-7,12,16H,8-11,19H2,1H3. The molecule has 0 saturated carbocycles. The van der Waals surface area contributed by atoms with Gasteiger partial charge in [0.05, 0.1) is 4.88 Å². The Morgan fingerprint density at radius 1 is 1.04 bits per heavy atom.